The number of rotatable bonds is 6. The van der Waals surface area contributed by atoms with E-state index in [2.05, 4.69) is 10.4 Å². The van der Waals surface area contributed by atoms with E-state index >= 15 is 0 Å². The maximum absolute atomic E-state index is 12.5. The van der Waals surface area contributed by atoms with Crippen LogP contribution in [0, 0.1) is 17.0 Å². The predicted octanol–water partition coefficient (Wildman–Crippen LogP) is 3.28. The van der Waals surface area contributed by atoms with Gasteiger partial charge in [0.25, 0.3) is 5.69 Å². The molecule has 3 aromatic rings. The number of hydrogen-bond acceptors (Lipinski definition) is 6. The standard InChI is InChI=1S/C22H21N5O5S/c1-16-15-21(26(24-16)19-8-10-20(11-9-19)27(29)30)23-22(28)12-5-17-3-6-18(7-4-17)25-13-2-14-33(25,31)32/h3-12,15H,2,13-14H2,1H3,(H,23,28)/b12-5+. The molecular weight excluding hydrogens is 446 g/mol. The summed E-state index contributed by atoms with van der Waals surface area (Å²) in [5, 5.41) is 18.0. The number of sulfonamides is 1. The summed E-state index contributed by atoms with van der Waals surface area (Å²) >= 11 is 0. The van der Waals surface area contributed by atoms with Crippen LogP contribution < -0.4 is 9.62 Å². The molecule has 1 aromatic heterocycles. The number of anilines is 2. The minimum absolute atomic E-state index is 0.0375. The first kappa shape index (κ1) is 22.2. The van der Waals surface area contributed by atoms with Gasteiger partial charge in [-0.25, -0.2) is 13.1 Å². The van der Waals surface area contributed by atoms with E-state index in [0.29, 0.717) is 35.9 Å². The molecule has 0 saturated carbocycles. The number of carbonyl (C=O) groups excluding carboxylic acids is 1. The number of amides is 1. The zero-order valence-corrected chi connectivity index (χ0v) is 18.5. The van der Waals surface area contributed by atoms with Crippen LogP contribution in [0.2, 0.25) is 0 Å². The van der Waals surface area contributed by atoms with Gasteiger partial charge in [-0.15, -0.1) is 0 Å². The van der Waals surface area contributed by atoms with Crippen molar-refractivity contribution >= 4 is 39.2 Å². The SMILES string of the molecule is Cc1cc(NC(=O)/C=C/c2ccc(N3CCCS3(=O)=O)cc2)n(-c2ccc([N+](=O)[O-])cc2)n1. The van der Waals surface area contributed by atoms with Crippen molar-refractivity contribution in [3.05, 3.63) is 82.0 Å². The predicted molar refractivity (Wildman–Crippen MR) is 125 cm³/mol. The average molecular weight is 468 g/mol. The third-order valence-corrected chi connectivity index (χ3v) is 6.96. The van der Waals surface area contributed by atoms with Crippen molar-refractivity contribution in [1.82, 2.24) is 9.78 Å². The molecule has 2 aromatic carbocycles. The maximum Gasteiger partial charge on any atom is 0.269 e. The van der Waals surface area contributed by atoms with Crippen LogP contribution in [-0.2, 0) is 14.8 Å². The maximum atomic E-state index is 12.5. The third kappa shape index (κ3) is 4.93. The lowest BCUT2D eigenvalue weighted by Crippen LogP contribution is -2.24. The summed E-state index contributed by atoms with van der Waals surface area (Å²) < 4.78 is 27.0. The molecule has 1 saturated heterocycles. The van der Waals surface area contributed by atoms with Crippen LogP contribution in [0.15, 0.2) is 60.7 Å². The van der Waals surface area contributed by atoms with Crippen molar-refractivity contribution in [1.29, 1.82) is 0 Å². The molecule has 170 valence electrons. The van der Waals surface area contributed by atoms with Gasteiger partial charge in [-0.2, -0.15) is 5.10 Å². The van der Waals surface area contributed by atoms with Crippen LogP contribution in [0.3, 0.4) is 0 Å². The molecular formula is C22H21N5O5S. The van der Waals surface area contributed by atoms with E-state index in [9.17, 15) is 23.3 Å². The Morgan fingerprint density at radius 1 is 1.12 bits per heavy atom. The Hall–Kier alpha value is -3.99. The Morgan fingerprint density at radius 3 is 2.39 bits per heavy atom. The first-order valence-corrected chi connectivity index (χ1v) is 11.7. The van der Waals surface area contributed by atoms with E-state index in [0.717, 1.165) is 5.56 Å². The Labute approximate surface area is 190 Å². The number of nitrogens with zero attached hydrogens (tertiary/aromatic N) is 4. The molecule has 1 aliphatic rings. The Kier molecular flexibility index (Phi) is 5.97. The van der Waals surface area contributed by atoms with Gasteiger partial charge in [0.2, 0.25) is 15.9 Å². The number of nitro benzene ring substituents is 1. The Balaban J connectivity index is 1.45. The first-order chi connectivity index (χ1) is 15.7. The van der Waals surface area contributed by atoms with Gasteiger partial charge < -0.3 is 5.32 Å². The fraction of sp³-hybridized carbons (Fsp3) is 0.182. The van der Waals surface area contributed by atoms with Gasteiger partial charge in [-0.3, -0.25) is 19.2 Å². The quantitative estimate of drug-likeness (QED) is 0.337. The molecule has 0 radical (unpaired) electrons. The normalized spacial score (nSPS) is 15.1. The van der Waals surface area contributed by atoms with Crippen molar-refractivity contribution in [3.63, 3.8) is 0 Å². The number of carbonyl (C=O) groups is 1. The van der Waals surface area contributed by atoms with Crippen LogP contribution in [0.5, 0.6) is 0 Å². The average Bonchev–Trinajstić information content (AvgIpc) is 3.33. The largest absolute Gasteiger partial charge is 0.307 e. The summed E-state index contributed by atoms with van der Waals surface area (Å²) in [4.78, 5) is 22.8. The van der Waals surface area contributed by atoms with Crippen LogP contribution in [-0.4, -0.2) is 41.3 Å². The van der Waals surface area contributed by atoms with Crippen molar-refractivity contribution in [2.75, 3.05) is 21.9 Å². The fourth-order valence-corrected chi connectivity index (χ4v) is 5.09. The molecule has 33 heavy (non-hydrogen) atoms. The van der Waals surface area contributed by atoms with E-state index in [1.807, 2.05) is 0 Å². The van der Waals surface area contributed by atoms with Gasteiger partial charge in [0.1, 0.15) is 5.82 Å². The number of nitrogens with one attached hydrogen (secondary N) is 1. The van der Waals surface area contributed by atoms with Crippen LogP contribution in [0.25, 0.3) is 11.8 Å². The van der Waals surface area contributed by atoms with Gasteiger partial charge in [-0.05, 0) is 49.2 Å². The molecule has 1 amide bonds. The van der Waals surface area contributed by atoms with Crippen molar-refractivity contribution in [2.24, 2.45) is 0 Å². The van der Waals surface area contributed by atoms with Gasteiger partial charge in [-0.1, -0.05) is 12.1 Å². The molecule has 0 spiro atoms. The summed E-state index contributed by atoms with van der Waals surface area (Å²) in [5.41, 5.74) is 2.55. The lowest BCUT2D eigenvalue weighted by Gasteiger charge is -2.16. The molecule has 11 heteroatoms. The molecule has 1 N–H and O–H groups in total. The Bertz CT molecular complexity index is 1330. The van der Waals surface area contributed by atoms with Gasteiger partial charge in [0.15, 0.2) is 0 Å². The second-order valence-corrected chi connectivity index (χ2v) is 9.52. The van der Waals surface area contributed by atoms with Crippen molar-refractivity contribution < 1.29 is 18.1 Å². The lowest BCUT2D eigenvalue weighted by atomic mass is 10.2. The minimum atomic E-state index is -3.24. The highest BCUT2D eigenvalue weighted by Gasteiger charge is 2.28. The summed E-state index contributed by atoms with van der Waals surface area (Å²) in [5.74, 6) is 0.194. The smallest absolute Gasteiger partial charge is 0.269 e. The number of aromatic nitrogens is 2. The Morgan fingerprint density at radius 2 is 1.79 bits per heavy atom. The lowest BCUT2D eigenvalue weighted by molar-refractivity contribution is -0.384. The molecule has 1 fully saturated rings. The third-order valence-electron chi connectivity index (χ3n) is 5.10. The zero-order chi connectivity index (χ0) is 23.6. The second kappa shape index (κ2) is 8.87. The number of hydrogen-bond donors (Lipinski definition) is 1. The number of aryl methyl sites for hydroxylation is 1. The molecule has 0 atom stereocenters. The second-order valence-electron chi connectivity index (χ2n) is 7.51. The molecule has 2 heterocycles. The molecule has 1 aliphatic heterocycles. The van der Waals surface area contributed by atoms with Gasteiger partial charge in [0, 0.05) is 30.8 Å². The highest BCUT2D eigenvalue weighted by Crippen LogP contribution is 2.24. The summed E-state index contributed by atoms with van der Waals surface area (Å²) in [6, 6.07) is 14.5. The van der Waals surface area contributed by atoms with Crippen LogP contribution >= 0.6 is 0 Å². The zero-order valence-electron chi connectivity index (χ0n) is 17.7. The van der Waals surface area contributed by atoms with Gasteiger partial charge in [0.05, 0.1) is 27.7 Å². The van der Waals surface area contributed by atoms with Crippen molar-refractivity contribution in [3.8, 4) is 5.69 Å². The first-order valence-electron chi connectivity index (χ1n) is 10.1. The minimum Gasteiger partial charge on any atom is -0.307 e. The molecule has 0 aliphatic carbocycles. The van der Waals surface area contributed by atoms with E-state index in [4.69, 9.17) is 0 Å². The number of non-ortho nitro benzene ring substituents is 1. The summed E-state index contributed by atoms with van der Waals surface area (Å²) in [6.07, 6.45) is 3.60. The molecule has 0 bridgehead atoms. The summed E-state index contributed by atoms with van der Waals surface area (Å²) in [6.45, 7) is 2.25. The van der Waals surface area contributed by atoms with E-state index in [-0.39, 0.29) is 17.3 Å². The highest BCUT2D eigenvalue weighted by atomic mass is 32.2. The number of benzene rings is 2. The molecule has 4 rings (SSSR count). The fourth-order valence-electron chi connectivity index (χ4n) is 3.52. The number of nitro groups is 1. The molecule has 10 nitrogen and oxygen atoms in total. The van der Waals surface area contributed by atoms with E-state index in [1.165, 1.54) is 27.2 Å². The van der Waals surface area contributed by atoms with E-state index < -0.39 is 14.9 Å². The monoisotopic (exact) mass is 467 g/mol. The summed E-state index contributed by atoms with van der Waals surface area (Å²) in [7, 11) is -3.24. The molecule has 0 unspecified atom stereocenters. The topological polar surface area (TPSA) is 127 Å². The van der Waals surface area contributed by atoms with Crippen molar-refractivity contribution in [2.45, 2.75) is 13.3 Å². The van der Waals surface area contributed by atoms with Crippen LogP contribution in [0.1, 0.15) is 17.7 Å². The highest BCUT2D eigenvalue weighted by molar-refractivity contribution is 7.93. The van der Waals surface area contributed by atoms with Crippen LogP contribution in [0.4, 0.5) is 17.2 Å². The van der Waals surface area contributed by atoms with E-state index in [1.54, 1.807) is 55.5 Å². The van der Waals surface area contributed by atoms with Gasteiger partial charge >= 0.3 is 0 Å².